The number of halogens is 2. The van der Waals surface area contributed by atoms with E-state index in [1.165, 1.54) is 6.42 Å². The molecule has 0 bridgehead atoms. The minimum atomic E-state index is -0.591. The number of hydrogen-bond donors (Lipinski definition) is 1. The van der Waals surface area contributed by atoms with Gasteiger partial charge in [-0.05, 0) is 36.1 Å². The van der Waals surface area contributed by atoms with Crippen molar-refractivity contribution in [2.75, 3.05) is 0 Å². The SMILES string of the molecule is CCC(=O)N(Cc1ccc(Cl)c(Cl)c1)[C@H](Cc1ccccc1)C(=O)NC1CCCCC1. The summed E-state index contributed by atoms with van der Waals surface area (Å²) in [5.41, 5.74) is 1.87. The van der Waals surface area contributed by atoms with Gasteiger partial charge in [-0.1, -0.05) is 85.8 Å². The Morgan fingerprint density at radius 3 is 2.35 bits per heavy atom. The van der Waals surface area contributed by atoms with Gasteiger partial charge >= 0.3 is 0 Å². The van der Waals surface area contributed by atoms with E-state index >= 15 is 0 Å². The standard InChI is InChI=1S/C25H30Cl2N2O2/c1-2-24(30)29(17-19-13-14-21(26)22(27)15-19)23(16-18-9-5-3-6-10-18)25(31)28-20-11-7-4-8-12-20/h3,5-6,9-10,13-15,20,23H,2,4,7-8,11-12,16-17H2,1H3,(H,28,31)/t23-/m1/s1. The van der Waals surface area contributed by atoms with E-state index in [1.54, 1.807) is 17.0 Å². The van der Waals surface area contributed by atoms with Gasteiger partial charge in [0.2, 0.25) is 11.8 Å². The van der Waals surface area contributed by atoms with Crippen molar-refractivity contribution >= 4 is 35.0 Å². The van der Waals surface area contributed by atoms with Crippen LogP contribution >= 0.6 is 23.2 Å². The van der Waals surface area contributed by atoms with Gasteiger partial charge in [0.15, 0.2) is 0 Å². The number of carbonyl (C=O) groups is 2. The Morgan fingerprint density at radius 1 is 1.00 bits per heavy atom. The summed E-state index contributed by atoms with van der Waals surface area (Å²) in [6.45, 7) is 2.13. The van der Waals surface area contributed by atoms with Crippen LogP contribution in [0.3, 0.4) is 0 Å². The third-order valence-electron chi connectivity index (χ3n) is 5.86. The molecular weight excluding hydrogens is 431 g/mol. The molecule has 1 aliphatic rings. The van der Waals surface area contributed by atoms with Crippen molar-refractivity contribution in [1.29, 1.82) is 0 Å². The summed E-state index contributed by atoms with van der Waals surface area (Å²) in [5.74, 6) is -0.150. The van der Waals surface area contributed by atoms with Gasteiger partial charge in [-0.15, -0.1) is 0 Å². The summed E-state index contributed by atoms with van der Waals surface area (Å²) in [5, 5.41) is 4.13. The smallest absolute Gasteiger partial charge is 0.243 e. The summed E-state index contributed by atoms with van der Waals surface area (Å²) in [4.78, 5) is 28.1. The van der Waals surface area contributed by atoms with E-state index in [9.17, 15) is 9.59 Å². The maximum atomic E-state index is 13.4. The zero-order valence-electron chi connectivity index (χ0n) is 17.9. The number of rotatable bonds is 8. The van der Waals surface area contributed by atoms with Crippen molar-refractivity contribution in [2.45, 2.75) is 70.5 Å². The molecule has 1 fully saturated rings. The van der Waals surface area contributed by atoms with Gasteiger partial charge in [0.25, 0.3) is 0 Å². The first kappa shape index (κ1) is 23.6. The molecule has 2 aromatic rings. The molecule has 0 aliphatic heterocycles. The highest BCUT2D eigenvalue weighted by Gasteiger charge is 2.31. The average molecular weight is 461 g/mol. The van der Waals surface area contributed by atoms with E-state index in [0.717, 1.165) is 36.8 Å². The second-order valence-corrected chi connectivity index (χ2v) is 8.99. The van der Waals surface area contributed by atoms with Crippen molar-refractivity contribution < 1.29 is 9.59 Å². The molecule has 1 aliphatic carbocycles. The Kier molecular flexibility index (Phi) is 8.79. The van der Waals surface area contributed by atoms with E-state index in [2.05, 4.69) is 5.32 Å². The van der Waals surface area contributed by atoms with Crippen LogP contribution in [0.15, 0.2) is 48.5 Å². The topological polar surface area (TPSA) is 49.4 Å². The van der Waals surface area contributed by atoms with Crippen LogP contribution in [0.1, 0.15) is 56.6 Å². The summed E-state index contributed by atoms with van der Waals surface area (Å²) >= 11 is 12.3. The maximum Gasteiger partial charge on any atom is 0.243 e. The molecule has 1 atom stereocenters. The molecule has 2 aromatic carbocycles. The fourth-order valence-electron chi connectivity index (χ4n) is 4.14. The first-order valence-corrected chi connectivity index (χ1v) is 11.8. The maximum absolute atomic E-state index is 13.4. The van der Waals surface area contributed by atoms with Crippen LogP contribution in [0, 0.1) is 0 Å². The number of nitrogens with zero attached hydrogens (tertiary/aromatic N) is 1. The van der Waals surface area contributed by atoms with E-state index in [4.69, 9.17) is 23.2 Å². The first-order chi connectivity index (χ1) is 15.0. The molecule has 4 nitrogen and oxygen atoms in total. The third kappa shape index (κ3) is 6.72. The molecule has 3 rings (SSSR count). The molecule has 1 saturated carbocycles. The second kappa shape index (κ2) is 11.5. The van der Waals surface area contributed by atoms with Gasteiger partial charge in [0.05, 0.1) is 10.0 Å². The molecule has 166 valence electrons. The van der Waals surface area contributed by atoms with Gasteiger partial charge in [-0.3, -0.25) is 9.59 Å². The van der Waals surface area contributed by atoms with Crippen molar-refractivity contribution in [3.8, 4) is 0 Å². The Morgan fingerprint density at radius 2 is 1.71 bits per heavy atom. The Balaban J connectivity index is 1.88. The monoisotopic (exact) mass is 460 g/mol. The lowest BCUT2D eigenvalue weighted by atomic mass is 9.94. The Labute approximate surface area is 194 Å². The Hall–Kier alpha value is -2.04. The number of carbonyl (C=O) groups excluding carboxylic acids is 2. The normalized spacial score (nSPS) is 15.3. The van der Waals surface area contributed by atoms with Gasteiger partial charge in [-0.2, -0.15) is 0 Å². The molecule has 0 spiro atoms. The average Bonchev–Trinajstić information content (AvgIpc) is 2.79. The van der Waals surface area contributed by atoms with Crippen LogP contribution in [-0.4, -0.2) is 28.8 Å². The number of hydrogen-bond acceptors (Lipinski definition) is 2. The number of amides is 2. The molecule has 6 heteroatoms. The zero-order valence-corrected chi connectivity index (χ0v) is 19.5. The van der Waals surface area contributed by atoms with Gasteiger partial charge in [-0.25, -0.2) is 0 Å². The number of benzene rings is 2. The molecule has 0 aromatic heterocycles. The van der Waals surface area contributed by atoms with Crippen LogP contribution in [0.25, 0.3) is 0 Å². The molecule has 0 radical (unpaired) electrons. The van der Waals surface area contributed by atoms with Crippen LogP contribution in [0.5, 0.6) is 0 Å². The fraction of sp³-hybridized carbons (Fsp3) is 0.440. The van der Waals surface area contributed by atoms with Crippen molar-refractivity contribution in [1.82, 2.24) is 10.2 Å². The Bertz CT molecular complexity index is 882. The minimum Gasteiger partial charge on any atom is -0.352 e. The van der Waals surface area contributed by atoms with E-state index in [1.807, 2.05) is 43.3 Å². The summed E-state index contributed by atoms with van der Waals surface area (Å²) < 4.78 is 0. The van der Waals surface area contributed by atoms with Gasteiger partial charge in [0, 0.05) is 25.4 Å². The molecule has 0 heterocycles. The first-order valence-electron chi connectivity index (χ1n) is 11.1. The molecule has 0 unspecified atom stereocenters. The van der Waals surface area contributed by atoms with Crippen LogP contribution < -0.4 is 5.32 Å². The summed E-state index contributed by atoms with van der Waals surface area (Å²) in [6.07, 6.45) is 6.27. The summed E-state index contributed by atoms with van der Waals surface area (Å²) in [6, 6.07) is 14.8. The lowest BCUT2D eigenvalue weighted by Gasteiger charge is -2.33. The van der Waals surface area contributed by atoms with Crippen molar-refractivity contribution in [3.05, 3.63) is 69.7 Å². The van der Waals surface area contributed by atoms with Crippen molar-refractivity contribution in [2.24, 2.45) is 0 Å². The molecule has 0 saturated heterocycles. The predicted molar refractivity (Wildman–Crippen MR) is 126 cm³/mol. The van der Waals surface area contributed by atoms with Crippen LogP contribution in [-0.2, 0) is 22.6 Å². The molecule has 1 N–H and O–H groups in total. The minimum absolute atomic E-state index is 0.0641. The molecule has 31 heavy (non-hydrogen) atoms. The highest BCUT2D eigenvalue weighted by Crippen LogP contribution is 2.25. The largest absolute Gasteiger partial charge is 0.352 e. The molecular formula is C25H30Cl2N2O2. The van der Waals surface area contributed by atoms with E-state index < -0.39 is 6.04 Å². The van der Waals surface area contributed by atoms with Gasteiger partial charge < -0.3 is 10.2 Å². The van der Waals surface area contributed by atoms with E-state index in [-0.39, 0.29) is 17.9 Å². The highest BCUT2D eigenvalue weighted by atomic mass is 35.5. The quantitative estimate of drug-likeness (QED) is 0.541. The lowest BCUT2D eigenvalue weighted by Crippen LogP contribution is -2.52. The van der Waals surface area contributed by atoms with E-state index in [0.29, 0.717) is 29.4 Å². The predicted octanol–water partition coefficient (Wildman–Crippen LogP) is 5.79. The fourth-order valence-corrected chi connectivity index (χ4v) is 4.46. The number of nitrogens with one attached hydrogen (secondary N) is 1. The molecule has 2 amide bonds. The van der Waals surface area contributed by atoms with Crippen LogP contribution in [0.4, 0.5) is 0 Å². The highest BCUT2D eigenvalue weighted by molar-refractivity contribution is 6.42. The van der Waals surface area contributed by atoms with Gasteiger partial charge in [0.1, 0.15) is 6.04 Å². The third-order valence-corrected chi connectivity index (χ3v) is 6.60. The second-order valence-electron chi connectivity index (χ2n) is 8.17. The van der Waals surface area contributed by atoms with Crippen LogP contribution in [0.2, 0.25) is 10.0 Å². The lowest BCUT2D eigenvalue weighted by molar-refractivity contribution is -0.141. The zero-order chi connectivity index (χ0) is 22.2. The summed E-state index contributed by atoms with van der Waals surface area (Å²) in [7, 11) is 0. The van der Waals surface area contributed by atoms with Crippen molar-refractivity contribution in [3.63, 3.8) is 0 Å².